The summed E-state index contributed by atoms with van der Waals surface area (Å²) in [6.07, 6.45) is 0.955. The molecular formula is C10H13NO. The lowest BCUT2D eigenvalue weighted by Gasteiger charge is -2.29. The largest absolute Gasteiger partial charge is 0.313 e. The van der Waals surface area contributed by atoms with Gasteiger partial charge in [-0.2, -0.15) is 5.06 Å². The Morgan fingerprint density at radius 1 is 1.42 bits per heavy atom. The molecule has 12 heavy (non-hydrogen) atoms. The van der Waals surface area contributed by atoms with Gasteiger partial charge in [0, 0.05) is 6.54 Å². The lowest BCUT2D eigenvalue weighted by molar-refractivity contribution is -0.127. The summed E-state index contributed by atoms with van der Waals surface area (Å²) in [5.74, 6) is 0. The lowest BCUT2D eigenvalue weighted by atomic mass is 9.95. The summed E-state index contributed by atoms with van der Waals surface area (Å²) in [5.41, 5.74) is 2.63. The van der Waals surface area contributed by atoms with E-state index in [2.05, 4.69) is 18.2 Å². The second-order valence-electron chi connectivity index (χ2n) is 3.29. The van der Waals surface area contributed by atoms with Crippen LogP contribution in [0.15, 0.2) is 24.3 Å². The van der Waals surface area contributed by atoms with Crippen molar-refractivity contribution in [2.24, 2.45) is 0 Å². The van der Waals surface area contributed by atoms with Gasteiger partial charge in [0.25, 0.3) is 0 Å². The summed E-state index contributed by atoms with van der Waals surface area (Å²) in [5, 5.41) is 10.9. The van der Waals surface area contributed by atoms with Crippen molar-refractivity contribution >= 4 is 0 Å². The predicted octanol–water partition coefficient (Wildman–Crippen LogP) is 1.99. The van der Waals surface area contributed by atoms with E-state index < -0.39 is 0 Å². The molecule has 1 aromatic carbocycles. The number of hydrogen-bond acceptors (Lipinski definition) is 2. The number of fused-ring (bicyclic) bond motifs is 1. The van der Waals surface area contributed by atoms with Gasteiger partial charge in [-0.3, -0.25) is 0 Å². The maximum Gasteiger partial charge on any atom is 0.0574 e. The first-order chi connectivity index (χ1) is 5.79. The molecule has 64 valence electrons. The number of nitrogens with zero attached hydrogens (tertiary/aromatic N) is 1. The van der Waals surface area contributed by atoms with E-state index in [0.29, 0.717) is 0 Å². The predicted molar refractivity (Wildman–Crippen MR) is 47.1 cm³/mol. The molecule has 2 nitrogen and oxygen atoms in total. The van der Waals surface area contributed by atoms with Gasteiger partial charge in [-0.1, -0.05) is 24.3 Å². The van der Waals surface area contributed by atoms with Crippen molar-refractivity contribution in [3.8, 4) is 0 Å². The molecule has 1 aromatic rings. The topological polar surface area (TPSA) is 23.5 Å². The molecule has 0 aliphatic carbocycles. The summed E-state index contributed by atoms with van der Waals surface area (Å²) in [6.45, 7) is 2.77. The van der Waals surface area contributed by atoms with Gasteiger partial charge in [-0.25, -0.2) is 0 Å². The van der Waals surface area contributed by atoms with E-state index in [9.17, 15) is 5.21 Å². The van der Waals surface area contributed by atoms with Gasteiger partial charge in [0.1, 0.15) is 0 Å². The van der Waals surface area contributed by atoms with Crippen LogP contribution in [0.5, 0.6) is 0 Å². The minimum atomic E-state index is 0.148. The maximum absolute atomic E-state index is 9.46. The molecule has 1 aliphatic heterocycles. The number of benzene rings is 1. The summed E-state index contributed by atoms with van der Waals surface area (Å²) in [6, 6.07) is 8.45. The molecule has 0 fully saturated rings. The quantitative estimate of drug-likeness (QED) is 0.632. The molecule has 0 aromatic heterocycles. The first-order valence-electron chi connectivity index (χ1n) is 4.32. The lowest BCUT2D eigenvalue weighted by Crippen LogP contribution is -2.30. The molecule has 0 unspecified atom stereocenters. The van der Waals surface area contributed by atoms with Crippen LogP contribution in [0.4, 0.5) is 0 Å². The number of rotatable bonds is 0. The van der Waals surface area contributed by atoms with Crippen molar-refractivity contribution in [1.29, 1.82) is 0 Å². The molecule has 0 saturated carbocycles. The molecule has 0 radical (unpaired) electrons. The fourth-order valence-electron chi connectivity index (χ4n) is 1.76. The van der Waals surface area contributed by atoms with Crippen LogP contribution >= 0.6 is 0 Å². The highest BCUT2D eigenvalue weighted by Gasteiger charge is 2.21. The van der Waals surface area contributed by atoms with Crippen molar-refractivity contribution in [2.45, 2.75) is 19.4 Å². The summed E-state index contributed by atoms with van der Waals surface area (Å²) in [7, 11) is 0. The van der Waals surface area contributed by atoms with E-state index in [0.717, 1.165) is 13.0 Å². The Labute approximate surface area is 72.4 Å². The molecule has 0 spiro atoms. The van der Waals surface area contributed by atoms with Crippen LogP contribution in [0, 0.1) is 0 Å². The van der Waals surface area contributed by atoms with Crippen LogP contribution in [-0.4, -0.2) is 16.8 Å². The van der Waals surface area contributed by atoms with E-state index >= 15 is 0 Å². The highest BCUT2D eigenvalue weighted by atomic mass is 16.5. The van der Waals surface area contributed by atoms with Gasteiger partial charge in [0.05, 0.1) is 6.04 Å². The average Bonchev–Trinajstić information content (AvgIpc) is 2.12. The maximum atomic E-state index is 9.46. The third kappa shape index (κ3) is 1.13. The van der Waals surface area contributed by atoms with E-state index in [1.165, 1.54) is 16.2 Å². The highest BCUT2D eigenvalue weighted by molar-refractivity contribution is 5.31. The van der Waals surface area contributed by atoms with Crippen LogP contribution < -0.4 is 0 Å². The minimum absolute atomic E-state index is 0.148. The Morgan fingerprint density at radius 2 is 2.17 bits per heavy atom. The molecule has 1 atom stereocenters. The van der Waals surface area contributed by atoms with E-state index in [1.807, 2.05) is 13.0 Å². The van der Waals surface area contributed by atoms with E-state index in [1.54, 1.807) is 0 Å². The molecule has 1 heterocycles. The summed E-state index contributed by atoms with van der Waals surface area (Å²) < 4.78 is 0. The molecular weight excluding hydrogens is 150 g/mol. The number of hydroxylamine groups is 2. The van der Waals surface area contributed by atoms with Gasteiger partial charge in [-0.05, 0) is 24.5 Å². The molecule has 0 amide bonds. The molecule has 1 N–H and O–H groups in total. The van der Waals surface area contributed by atoms with Crippen molar-refractivity contribution in [3.63, 3.8) is 0 Å². The van der Waals surface area contributed by atoms with Crippen LogP contribution in [-0.2, 0) is 6.42 Å². The second-order valence-corrected chi connectivity index (χ2v) is 3.29. The molecule has 1 aliphatic rings. The highest BCUT2D eigenvalue weighted by Crippen LogP contribution is 2.26. The third-order valence-corrected chi connectivity index (χ3v) is 2.56. The van der Waals surface area contributed by atoms with Crippen molar-refractivity contribution in [2.75, 3.05) is 6.54 Å². The standard InChI is InChI=1S/C10H13NO/c1-8-10-5-3-2-4-9(10)6-7-11(8)12/h2-5,8,12H,6-7H2,1H3/t8-/m0/s1. The molecule has 2 rings (SSSR count). The molecule has 0 bridgehead atoms. The van der Waals surface area contributed by atoms with Gasteiger partial charge in [0.15, 0.2) is 0 Å². The van der Waals surface area contributed by atoms with Crippen molar-refractivity contribution in [3.05, 3.63) is 35.4 Å². The van der Waals surface area contributed by atoms with Crippen LogP contribution in [0.3, 0.4) is 0 Å². The van der Waals surface area contributed by atoms with Crippen LogP contribution in [0.25, 0.3) is 0 Å². The van der Waals surface area contributed by atoms with Gasteiger partial charge >= 0.3 is 0 Å². The third-order valence-electron chi connectivity index (χ3n) is 2.56. The monoisotopic (exact) mass is 163 g/mol. The summed E-state index contributed by atoms with van der Waals surface area (Å²) in [4.78, 5) is 0. The zero-order chi connectivity index (χ0) is 8.55. The molecule has 0 saturated heterocycles. The normalized spacial score (nSPS) is 23.7. The zero-order valence-corrected chi connectivity index (χ0v) is 7.20. The van der Waals surface area contributed by atoms with Crippen LogP contribution in [0.2, 0.25) is 0 Å². The van der Waals surface area contributed by atoms with E-state index in [4.69, 9.17) is 0 Å². The van der Waals surface area contributed by atoms with Crippen LogP contribution in [0.1, 0.15) is 24.1 Å². The van der Waals surface area contributed by atoms with Crippen molar-refractivity contribution in [1.82, 2.24) is 5.06 Å². The fourth-order valence-corrected chi connectivity index (χ4v) is 1.76. The Kier molecular flexibility index (Phi) is 1.87. The minimum Gasteiger partial charge on any atom is -0.313 e. The fraction of sp³-hybridized carbons (Fsp3) is 0.400. The van der Waals surface area contributed by atoms with Gasteiger partial charge < -0.3 is 5.21 Å². The Bertz CT molecular complexity index is 285. The van der Waals surface area contributed by atoms with Gasteiger partial charge in [0.2, 0.25) is 0 Å². The Hall–Kier alpha value is -0.860. The summed E-state index contributed by atoms with van der Waals surface area (Å²) >= 11 is 0. The Morgan fingerprint density at radius 3 is 3.00 bits per heavy atom. The van der Waals surface area contributed by atoms with Gasteiger partial charge in [-0.15, -0.1) is 0 Å². The first kappa shape index (κ1) is 7.77. The zero-order valence-electron chi connectivity index (χ0n) is 7.20. The van der Waals surface area contributed by atoms with E-state index in [-0.39, 0.29) is 6.04 Å². The second kappa shape index (κ2) is 2.88. The average molecular weight is 163 g/mol. The molecule has 2 heteroatoms. The van der Waals surface area contributed by atoms with Crippen molar-refractivity contribution < 1.29 is 5.21 Å². The first-order valence-corrected chi connectivity index (χ1v) is 4.32. The number of hydrogen-bond donors (Lipinski definition) is 1. The Balaban J connectivity index is 2.42. The smallest absolute Gasteiger partial charge is 0.0574 e. The SMILES string of the molecule is C[C@H]1c2ccccc2CCN1O.